The van der Waals surface area contributed by atoms with Crippen molar-refractivity contribution >= 4 is 17.8 Å². The van der Waals surface area contributed by atoms with E-state index < -0.39 is 17.5 Å². The smallest absolute Gasteiger partial charge is 0.329 e. The van der Waals surface area contributed by atoms with Gasteiger partial charge in [-0.3, -0.25) is 15.0 Å². The fourth-order valence-electron chi connectivity index (χ4n) is 2.69. The molecule has 6 nitrogen and oxygen atoms in total. The van der Waals surface area contributed by atoms with Crippen molar-refractivity contribution in [2.24, 2.45) is 0 Å². The highest BCUT2D eigenvalue weighted by molar-refractivity contribution is 6.07. The summed E-state index contributed by atoms with van der Waals surface area (Å²) in [6.07, 6.45) is 5.05. The van der Waals surface area contributed by atoms with E-state index in [0.717, 1.165) is 11.3 Å². The monoisotopic (exact) mass is 274 g/mol. The Morgan fingerprint density at radius 3 is 3.15 bits per heavy atom. The van der Waals surface area contributed by atoms with Gasteiger partial charge in [0, 0.05) is 17.2 Å². The molecule has 1 aliphatic carbocycles. The van der Waals surface area contributed by atoms with Crippen molar-refractivity contribution in [1.29, 1.82) is 0 Å². The van der Waals surface area contributed by atoms with Crippen LogP contribution in [0.5, 0.6) is 0 Å². The van der Waals surface area contributed by atoms with E-state index in [2.05, 4.69) is 4.98 Å². The second kappa shape index (κ2) is 4.33. The number of ether oxygens (including phenoxy) is 1. The Hall–Kier alpha value is -2.37. The van der Waals surface area contributed by atoms with E-state index in [0.29, 0.717) is 10.6 Å². The van der Waals surface area contributed by atoms with Crippen LogP contribution in [0.4, 0.5) is 0 Å². The molecule has 0 aromatic carbocycles. The lowest BCUT2D eigenvalue weighted by Gasteiger charge is -2.29. The number of allylic oxidation sites excluding steroid dienone is 1. The zero-order valence-corrected chi connectivity index (χ0v) is 11.2. The summed E-state index contributed by atoms with van der Waals surface area (Å²) in [5.74, 6) is -1.06. The molecule has 1 aliphatic heterocycles. The summed E-state index contributed by atoms with van der Waals surface area (Å²) in [5, 5.41) is 11.9. The van der Waals surface area contributed by atoms with Crippen LogP contribution in [0.1, 0.15) is 31.0 Å². The minimum atomic E-state index is -1.37. The van der Waals surface area contributed by atoms with Crippen molar-refractivity contribution in [1.82, 2.24) is 4.98 Å². The molecule has 0 saturated heterocycles. The molecule has 1 aromatic heterocycles. The summed E-state index contributed by atoms with van der Waals surface area (Å²) < 4.78 is 5.05. The molecule has 2 atom stereocenters. The molecule has 0 saturated carbocycles. The van der Waals surface area contributed by atoms with Crippen molar-refractivity contribution in [3.63, 3.8) is 0 Å². The molecule has 6 heteroatoms. The summed E-state index contributed by atoms with van der Waals surface area (Å²) in [6.45, 7) is 3.52. The molecule has 3 rings (SSSR count). The van der Waals surface area contributed by atoms with Gasteiger partial charge in [-0.25, -0.2) is 0 Å². The number of hydrogen-bond donors (Lipinski definition) is 0. The molecule has 1 aromatic rings. The third-order valence-electron chi connectivity index (χ3n) is 3.60. The summed E-state index contributed by atoms with van der Waals surface area (Å²) in [5.41, 5.74) is 0.547. The van der Waals surface area contributed by atoms with Crippen LogP contribution < -0.4 is 0 Å². The lowest BCUT2D eigenvalue weighted by molar-refractivity contribution is -0.747. The van der Waals surface area contributed by atoms with Crippen LogP contribution in [0.15, 0.2) is 24.4 Å². The minimum Gasteiger partial charge on any atom is -0.465 e. The number of pyridine rings is 1. The molecule has 2 heterocycles. The maximum absolute atomic E-state index is 12.2. The Morgan fingerprint density at radius 1 is 1.60 bits per heavy atom. The van der Waals surface area contributed by atoms with E-state index in [1.165, 1.54) is 0 Å². The topological polar surface area (TPSA) is 74.5 Å². The fraction of sp³-hybridized carbons (Fsp3) is 0.357. The quantitative estimate of drug-likeness (QED) is 0.602. The molecule has 2 aliphatic rings. The lowest BCUT2D eigenvalue weighted by atomic mass is 9.77. The standard InChI is InChI=1S/C14H14N2O4/c1-3-19-13(17)14(2)12-9-5-4-8-15-10(9)6-7-11(12)16(18)20-14/h4-8,12H,3H2,1-2H3. The van der Waals surface area contributed by atoms with Gasteiger partial charge in [0.05, 0.1) is 12.3 Å². The summed E-state index contributed by atoms with van der Waals surface area (Å²) in [6, 6.07) is 3.62. The molecule has 20 heavy (non-hydrogen) atoms. The molecule has 0 radical (unpaired) electrons. The Labute approximate surface area is 115 Å². The van der Waals surface area contributed by atoms with Crippen LogP contribution in [0.3, 0.4) is 0 Å². The van der Waals surface area contributed by atoms with Crippen LogP contribution >= 0.6 is 0 Å². The summed E-state index contributed by atoms with van der Waals surface area (Å²) >= 11 is 0. The van der Waals surface area contributed by atoms with Crippen LogP contribution in [0.2, 0.25) is 0 Å². The number of rotatable bonds is 2. The number of esters is 1. The molecule has 0 N–H and O–H groups in total. The normalized spacial score (nSPS) is 26.8. The highest BCUT2D eigenvalue weighted by Crippen LogP contribution is 2.42. The highest BCUT2D eigenvalue weighted by Gasteiger charge is 2.56. The van der Waals surface area contributed by atoms with Gasteiger partial charge in [-0.1, -0.05) is 6.07 Å². The van der Waals surface area contributed by atoms with E-state index in [-0.39, 0.29) is 6.61 Å². The molecule has 0 fully saturated rings. The van der Waals surface area contributed by atoms with E-state index in [9.17, 15) is 10.0 Å². The van der Waals surface area contributed by atoms with E-state index >= 15 is 0 Å². The summed E-state index contributed by atoms with van der Waals surface area (Å²) in [4.78, 5) is 22.1. The Bertz CT molecular complexity index is 638. The maximum atomic E-state index is 12.2. The van der Waals surface area contributed by atoms with Gasteiger partial charge in [0.1, 0.15) is 5.92 Å². The molecule has 0 spiro atoms. The zero-order valence-electron chi connectivity index (χ0n) is 11.2. The number of nitrogens with zero attached hydrogens (tertiary/aromatic N) is 2. The third-order valence-corrected chi connectivity index (χ3v) is 3.60. The lowest BCUT2D eigenvalue weighted by Crippen LogP contribution is -2.44. The number of carbonyl (C=O) groups excluding carboxylic acids is 1. The number of carbonyl (C=O) groups is 1. The van der Waals surface area contributed by atoms with Crippen molar-refractivity contribution in [2.75, 3.05) is 6.61 Å². The van der Waals surface area contributed by atoms with Crippen molar-refractivity contribution < 1.29 is 19.3 Å². The minimum absolute atomic E-state index is 0.231. The van der Waals surface area contributed by atoms with Crippen molar-refractivity contribution in [2.45, 2.75) is 25.4 Å². The van der Waals surface area contributed by atoms with Crippen LogP contribution in [0, 0.1) is 5.21 Å². The number of aromatic nitrogens is 1. The van der Waals surface area contributed by atoms with Gasteiger partial charge in [-0.15, -0.1) is 0 Å². The van der Waals surface area contributed by atoms with Crippen LogP contribution in [-0.4, -0.2) is 33.8 Å². The van der Waals surface area contributed by atoms with Crippen LogP contribution in [0.25, 0.3) is 6.08 Å². The zero-order chi connectivity index (χ0) is 14.3. The van der Waals surface area contributed by atoms with Gasteiger partial charge in [-0.05, 0) is 31.6 Å². The van der Waals surface area contributed by atoms with Crippen molar-refractivity contribution in [3.05, 3.63) is 40.9 Å². The summed E-state index contributed by atoms with van der Waals surface area (Å²) in [7, 11) is 0. The van der Waals surface area contributed by atoms with Gasteiger partial charge >= 0.3 is 5.97 Å². The van der Waals surface area contributed by atoms with E-state index in [1.807, 2.05) is 6.07 Å². The van der Waals surface area contributed by atoms with E-state index in [1.54, 1.807) is 38.3 Å². The first-order valence-electron chi connectivity index (χ1n) is 6.41. The van der Waals surface area contributed by atoms with Crippen LogP contribution in [-0.2, 0) is 14.4 Å². The van der Waals surface area contributed by atoms with Gasteiger partial charge in [0.25, 0.3) is 5.71 Å². The fourth-order valence-corrected chi connectivity index (χ4v) is 2.69. The number of hydrogen-bond acceptors (Lipinski definition) is 5. The first kappa shape index (κ1) is 12.7. The predicted octanol–water partition coefficient (Wildman–Crippen LogP) is 1.41. The second-order valence-electron chi connectivity index (χ2n) is 4.84. The Balaban J connectivity index is 2.12. The number of fused-ring (bicyclic) bond motifs is 3. The first-order valence-corrected chi connectivity index (χ1v) is 6.41. The Kier molecular flexibility index (Phi) is 2.74. The van der Waals surface area contributed by atoms with Gasteiger partial charge in [0.2, 0.25) is 0 Å². The second-order valence-corrected chi connectivity index (χ2v) is 4.84. The average molecular weight is 274 g/mol. The molecular formula is C14H14N2O4. The third kappa shape index (κ3) is 1.61. The molecule has 2 unspecified atom stereocenters. The molecule has 104 valence electrons. The predicted molar refractivity (Wildman–Crippen MR) is 70.8 cm³/mol. The SMILES string of the molecule is CCOC(=O)C1(C)O[N+]([O-])=C2C=Cc3ncccc3C21. The largest absolute Gasteiger partial charge is 0.465 e. The first-order chi connectivity index (χ1) is 9.58. The average Bonchev–Trinajstić information content (AvgIpc) is 2.72. The van der Waals surface area contributed by atoms with Gasteiger partial charge < -0.3 is 9.57 Å². The van der Waals surface area contributed by atoms with Gasteiger partial charge in [-0.2, -0.15) is 0 Å². The molecular weight excluding hydrogens is 260 g/mol. The Morgan fingerprint density at radius 2 is 2.40 bits per heavy atom. The highest BCUT2D eigenvalue weighted by atomic mass is 16.9. The van der Waals surface area contributed by atoms with Crippen molar-refractivity contribution in [3.8, 4) is 0 Å². The van der Waals surface area contributed by atoms with Gasteiger partial charge in [0.15, 0.2) is 5.60 Å². The molecule has 0 bridgehead atoms. The van der Waals surface area contributed by atoms with E-state index in [4.69, 9.17) is 9.57 Å². The maximum Gasteiger partial charge on any atom is 0.329 e. The molecule has 0 amide bonds.